The van der Waals surface area contributed by atoms with Crippen molar-refractivity contribution in [3.63, 3.8) is 0 Å². The van der Waals surface area contributed by atoms with Crippen LogP contribution in [0.15, 0.2) is 0 Å². The largest absolute Gasteiger partial charge is 0.602 e. The normalized spacial score (nSPS) is 23.8. The van der Waals surface area contributed by atoms with Crippen LogP contribution in [0.25, 0.3) is 0 Å². The number of carbonyl (C=O) groups excluding carboxylic acids is 1. The van der Waals surface area contributed by atoms with Crippen molar-refractivity contribution in [1.29, 1.82) is 0 Å². The number of hydrogen-bond donors (Lipinski definition) is 0. The van der Waals surface area contributed by atoms with Crippen LogP contribution in [0.1, 0.15) is 54.4 Å². The summed E-state index contributed by atoms with van der Waals surface area (Å²) in [5.41, 5.74) is -2.31. The summed E-state index contributed by atoms with van der Waals surface area (Å²) in [7, 11) is -6.67. The fraction of sp³-hybridized carbons (Fsp3) is 0.944. The molecule has 1 atom stereocenters. The van der Waals surface area contributed by atoms with Gasteiger partial charge in [-0.3, -0.25) is 9.69 Å². The third kappa shape index (κ3) is 5.66. The monoisotopic (exact) mass is 513 g/mol. The van der Waals surface area contributed by atoms with Crippen LogP contribution >= 0.6 is 0 Å². The first-order valence-electron chi connectivity index (χ1n) is 11.3. The predicted octanol–water partition coefficient (Wildman–Crippen LogP) is 1.78. The van der Waals surface area contributed by atoms with E-state index in [1.807, 2.05) is 0 Å². The van der Waals surface area contributed by atoms with Crippen molar-refractivity contribution in [3.8, 4) is 0 Å². The zero-order valence-corrected chi connectivity index (χ0v) is 22.1. The van der Waals surface area contributed by atoms with Gasteiger partial charge in [0.25, 0.3) is 16.8 Å². The molecule has 13 nitrogen and oxygen atoms in total. The Kier molecular flexibility index (Phi) is 9.04. The van der Waals surface area contributed by atoms with E-state index in [-0.39, 0.29) is 5.67 Å². The Morgan fingerprint density at radius 2 is 1.42 bits per heavy atom. The van der Waals surface area contributed by atoms with Gasteiger partial charge in [-0.25, -0.2) is 28.4 Å². The van der Waals surface area contributed by atoms with Gasteiger partial charge in [-0.2, -0.15) is 19.6 Å². The molecule has 0 bridgehead atoms. The second-order valence-electron chi connectivity index (χ2n) is 8.16. The zero-order chi connectivity index (χ0) is 24.2. The van der Waals surface area contributed by atoms with E-state index in [1.165, 1.54) is 6.92 Å². The van der Waals surface area contributed by atoms with Gasteiger partial charge in [0.05, 0.1) is 25.5 Å². The lowest BCUT2D eigenvalue weighted by Gasteiger charge is -2.46. The van der Waals surface area contributed by atoms with Gasteiger partial charge in [0, 0.05) is 6.92 Å². The summed E-state index contributed by atoms with van der Waals surface area (Å²) in [5, 5.41) is 0. The molecule has 3 heterocycles. The maximum Gasteiger partial charge on any atom is 0.602 e. The first kappa shape index (κ1) is 27.1. The number of rotatable bonds is 17. The molecule has 3 rings (SSSR count). The van der Waals surface area contributed by atoms with E-state index >= 15 is 0 Å². The van der Waals surface area contributed by atoms with Gasteiger partial charge in [-0.05, 0) is 66.6 Å². The SMILES string of the molecule is CCOO[Si](OOCC)(OOCC)C1CCN1CCC[Si](OC(C)=O)(C1(C)OO1)C1(C)OO1. The Balaban J connectivity index is 1.68. The van der Waals surface area contributed by atoms with E-state index in [2.05, 4.69) is 4.90 Å². The number of carbonyl (C=O) groups is 1. The minimum atomic E-state index is -3.52. The van der Waals surface area contributed by atoms with E-state index < -0.39 is 33.9 Å². The minimum absolute atomic E-state index is 0.236. The molecule has 3 fully saturated rings. The summed E-state index contributed by atoms with van der Waals surface area (Å²) in [4.78, 5) is 50.7. The highest BCUT2D eigenvalue weighted by atomic mass is 28.4. The molecule has 0 aliphatic carbocycles. The molecule has 0 aromatic rings. The molecule has 0 aromatic carbocycles. The lowest BCUT2D eigenvalue weighted by Crippen LogP contribution is -2.69. The number of likely N-dealkylation sites (tertiary alicyclic amines) is 1. The summed E-state index contributed by atoms with van der Waals surface area (Å²) in [6, 6.07) is 0.488. The van der Waals surface area contributed by atoms with E-state index in [9.17, 15) is 4.79 Å². The van der Waals surface area contributed by atoms with Gasteiger partial charge < -0.3 is 4.43 Å². The predicted molar refractivity (Wildman–Crippen MR) is 112 cm³/mol. The maximum absolute atomic E-state index is 12.0. The van der Waals surface area contributed by atoms with Gasteiger partial charge in [0.15, 0.2) is 0 Å². The van der Waals surface area contributed by atoms with Crippen molar-refractivity contribution in [2.45, 2.75) is 76.9 Å². The molecule has 0 N–H and O–H groups in total. The lowest BCUT2D eigenvalue weighted by molar-refractivity contribution is -0.367. The van der Waals surface area contributed by atoms with Crippen molar-refractivity contribution < 1.29 is 57.2 Å². The average molecular weight is 514 g/mol. The highest BCUT2D eigenvalue weighted by Gasteiger charge is 2.82. The fourth-order valence-electron chi connectivity index (χ4n) is 4.01. The minimum Gasteiger partial charge on any atom is -0.507 e. The third-order valence-electron chi connectivity index (χ3n) is 5.84. The Bertz CT molecular complexity index is 623. The van der Waals surface area contributed by atoms with Crippen LogP contribution in [-0.4, -0.2) is 77.4 Å². The topological polar surface area (TPSA) is 135 Å². The summed E-state index contributed by atoms with van der Waals surface area (Å²) >= 11 is 0. The van der Waals surface area contributed by atoms with Crippen LogP contribution in [0.2, 0.25) is 6.04 Å². The lowest BCUT2D eigenvalue weighted by atomic mass is 10.2. The Labute approximate surface area is 195 Å². The maximum atomic E-state index is 12.0. The van der Waals surface area contributed by atoms with Gasteiger partial charge >= 0.3 is 17.1 Å². The third-order valence-corrected chi connectivity index (χ3v) is 13.3. The molecule has 33 heavy (non-hydrogen) atoms. The number of hydrogen-bond acceptors (Lipinski definition) is 13. The summed E-state index contributed by atoms with van der Waals surface area (Å²) in [5.74, 6) is -0.434. The molecule has 0 radical (unpaired) electrons. The Morgan fingerprint density at radius 3 is 1.76 bits per heavy atom. The van der Waals surface area contributed by atoms with E-state index in [4.69, 9.17) is 52.4 Å². The van der Waals surface area contributed by atoms with Crippen molar-refractivity contribution in [2.24, 2.45) is 0 Å². The van der Waals surface area contributed by atoms with Gasteiger partial charge in [0.2, 0.25) is 0 Å². The average Bonchev–Trinajstić information content (AvgIpc) is 3.69. The Hall–Kier alpha value is -0.536. The molecule has 15 heteroatoms. The highest BCUT2D eigenvalue weighted by Crippen LogP contribution is 2.54. The molecule has 1 unspecified atom stereocenters. The quantitative estimate of drug-likeness (QED) is 0.121. The van der Waals surface area contributed by atoms with E-state index in [1.54, 1.807) is 34.6 Å². The molecule has 0 amide bonds. The smallest absolute Gasteiger partial charge is 0.507 e. The molecular weight excluding hydrogens is 478 g/mol. The summed E-state index contributed by atoms with van der Waals surface area (Å²) < 4.78 is 22.7. The summed E-state index contributed by atoms with van der Waals surface area (Å²) in [6.45, 7) is 12.6. The van der Waals surface area contributed by atoms with Crippen molar-refractivity contribution in [1.82, 2.24) is 4.90 Å². The first-order valence-corrected chi connectivity index (χ1v) is 15.2. The van der Waals surface area contributed by atoms with Crippen LogP contribution in [0, 0.1) is 0 Å². The fourth-order valence-corrected chi connectivity index (χ4v) is 10.4. The molecule has 192 valence electrons. The molecule has 3 aliphatic heterocycles. The van der Waals surface area contributed by atoms with Crippen LogP contribution in [0.4, 0.5) is 0 Å². The molecule has 0 spiro atoms. The van der Waals surface area contributed by atoms with Crippen molar-refractivity contribution in [3.05, 3.63) is 0 Å². The molecule has 0 aromatic heterocycles. The van der Waals surface area contributed by atoms with Crippen LogP contribution in [0.3, 0.4) is 0 Å². The van der Waals surface area contributed by atoms with Crippen molar-refractivity contribution >= 4 is 23.1 Å². The molecular formula is C18H35NO12Si2. The molecule has 0 saturated carbocycles. The van der Waals surface area contributed by atoms with E-state index in [0.717, 1.165) is 13.0 Å². The summed E-state index contributed by atoms with van der Waals surface area (Å²) in [6.07, 6.45) is 1.39. The Morgan fingerprint density at radius 1 is 0.939 bits per heavy atom. The first-order chi connectivity index (χ1) is 15.7. The van der Waals surface area contributed by atoms with E-state index in [0.29, 0.717) is 38.8 Å². The van der Waals surface area contributed by atoms with Gasteiger partial charge in [-0.1, -0.05) is 0 Å². The molecule has 3 aliphatic rings. The van der Waals surface area contributed by atoms with Crippen LogP contribution in [0.5, 0.6) is 0 Å². The zero-order valence-electron chi connectivity index (χ0n) is 20.1. The van der Waals surface area contributed by atoms with Crippen LogP contribution < -0.4 is 0 Å². The van der Waals surface area contributed by atoms with Crippen LogP contribution in [-0.2, 0) is 57.2 Å². The van der Waals surface area contributed by atoms with Gasteiger partial charge in [0.1, 0.15) is 0 Å². The van der Waals surface area contributed by atoms with Crippen molar-refractivity contribution in [2.75, 3.05) is 32.9 Å². The standard InChI is InChI=1S/C18H35NO12Si2/c1-7-21-29-33(30-22-8-2,31-23-9-3)16-11-13-19(16)12-10-14-32(24-15(4)20,17(5)25-26-17)18(6)27-28-18/h16H,7-14H2,1-6H3. The van der Waals surface area contributed by atoms with Gasteiger partial charge in [-0.15, -0.1) is 0 Å². The second kappa shape index (κ2) is 11.0. The second-order valence-corrected chi connectivity index (χ2v) is 14.7. The number of nitrogens with zero attached hydrogens (tertiary/aromatic N) is 1. The molecule has 3 saturated heterocycles. The highest BCUT2D eigenvalue weighted by molar-refractivity contribution is 6.80.